The first-order chi connectivity index (χ1) is 16.1. The summed E-state index contributed by atoms with van der Waals surface area (Å²) in [5.41, 5.74) is 4.66. The molecular formula is C26H27N5O2. The number of hydrogen-bond donors (Lipinski definition) is 1. The number of pyridine rings is 2. The predicted octanol–water partition coefficient (Wildman–Crippen LogP) is 3.53. The Bertz CT molecular complexity index is 1260. The van der Waals surface area contributed by atoms with E-state index in [0.29, 0.717) is 19.8 Å². The summed E-state index contributed by atoms with van der Waals surface area (Å²) in [6, 6.07) is 16.3. The molecule has 0 unspecified atom stereocenters. The van der Waals surface area contributed by atoms with Gasteiger partial charge in [0.25, 0.3) is 0 Å². The molecule has 33 heavy (non-hydrogen) atoms. The maximum absolute atomic E-state index is 12.8. The number of carbonyl (C=O) groups is 1. The fraction of sp³-hybridized carbons (Fsp3) is 0.308. The number of ether oxygens (including phenoxy) is 1. The lowest BCUT2D eigenvalue weighted by molar-refractivity contribution is -0.121. The summed E-state index contributed by atoms with van der Waals surface area (Å²) in [7, 11) is 0. The second-order valence-corrected chi connectivity index (χ2v) is 8.66. The monoisotopic (exact) mass is 441 g/mol. The largest absolute Gasteiger partial charge is 0.381 e. The van der Waals surface area contributed by atoms with Crippen LogP contribution in [0, 0.1) is 6.92 Å². The molecule has 1 aromatic carbocycles. The second kappa shape index (κ2) is 9.11. The van der Waals surface area contributed by atoms with E-state index in [4.69, 9.17) is 4.74 Å². The Hall–Kier alpha value is -3.58. The lowest BCUT2D eigenvalue weighted by atomic mass is 9.74. The lowest BCUT2D eigenvalue weighted by Gasteiger charge is -2.38. The molecule has 3 aromatic heterocycles. The van der Waals surface area contributed by atoms with Gasteiger partial charge in [-0.2, -0.15) is 5.10 Å². The maximum atomic E-state index is 12.8. The molecule has 1 N–H and O–H groups in total. The van der Waals surface area contributed by atoms with Crippen LogP contribution >= 0.6 is 0 Å². The summed E-state index contributed by atoms with van der Waals surface area (Å²) in [6.07, 6.45) is 7.39. The Labute approximate surface area is 192 Å². The van der Waals surface area contributed by atoms with Gasteiger partial charge in [-0.3, -0.25) is 14.8 Å². The molecule has 1 saturated heterocycles. The number of carbonyl (C=O) groups excluding carboxylic acids is 1. The second-order valence-electron chi connectivity index (χ2n) is 8.66. The minimum atomic E-state index is -0.0869. The molecule has 0 radical (unpaired) electrons. The van der Waals surface area contributed by atoms with Crippen LogP contribution in [0.1, 0.15) is 29.8 Å². The smallest absolute Gasteiger partial charge is 0.226 e. The van der Waals surface area contributed by atoms with Crippen molar-refractivity contribution in [3.8, 4) is 5.69 Å². The zero-order valence-electron chi connectivity index (χ0n) is 18.7. The molecule has 5 rings (SSSR count). The molecule has 1 aliphatic heterocycles. The van der Waals surface area contributed by atoms with Crippen LogP contribution in [-0.4, -0.2) is 45.4 Å². The van der Waals surface area contributed by atoms with E-state index in [-0.39, 0.29) is 17.7 Å². The van der Waals surface area contributed by atoms with Gasteiger partial charge in [0.2, 0.25) is 5.91 Å². The van der Waals surface area contributed by atoms with Crippen molar-refractivity contribution in [3.05, 3.63) is 84.1 Å². The number of aryl methyl sites for hydroxylation is 1. The Morgan fingerprint density at radius 2 is 1.91 bits per heavy atom. The Balaban J connectivity index is 1.29. The number of rotatable bonds is 6. The number of hydrogen-bond acceptors (Lipinski definition) is 5. The van der Waals surface area contributed by atoms with Gasteiger partial charge in [-0.25, -0.2) is 4.68 Å². The van der Waals surface area contributed by atoms with Crippen molar-refractivity contribution < 1.29 is 9.53 Å². The number of nitrogens with one attached hydrogen (secondary N) is 1. The van der Waals surface area contributed by atoms with E-state index in [0.717, 1.165) is 40.8 Å². The molecule has 168 valence electrons. The van der Waals surface area contributed by atoms with Crippen LogP contribution in [0.3, 0.4) is 0 Å². The standard InChI is InChI=1S/C26H27N5O2/c1-19-13-23(7-10-27-19)31-24-17-28-22(14-20(24)16-30-31)15-25(32)29-18-26(8-11-33-12-9-26)21-5-3-2-4-6-21/h2-7,10,13-14,16-17H,8-9,11-12,15,18H2,1H3,(H,29,32). The van der Waals surface area contributed by atoms with Crippen molar-refractivity contribution >= 4 is 16.8 Å². The molecule has 4 heterocycles. The zero-order valence-corrected chi connectivity index (χ0v) is 18.7. The van der Waals surface area contributed by atoms with E-state index < -0.39 is 0 Å². The average molecular weight is 442 g/mol. The molecule has 0 saturated carbocycles. The highest BCUT2D eigenvalue weighted by atomic mass is 16.5. The molecule has 7 nitrogen and oxygen atoms in total. The van der Waals surface area contributed by atoms with Gasteiger partial charge in [0.05, 0.1) is 35.7 Å². The minimum Gasteiger partial charge on any atom is -0.381 e. The molecule has 0 atom stereocenters. The summed E-state index contributed by atoms with van der Waals surface area (Å²) in [5.74, 6) is -0.0270. The van der Waals surface area contributed by atoms with Gasteiger partial charge in [0, 0.05) is 42.5 Å². The normalized spacial score (nSPS) is 15.4. The van der Waals surface area contributed by atoms with Gasteiger partial charge in [-0.15, -0.1) is 0 Å². The van der Waals surface area contributed by atoms with Gasteiger partial charge in [-0.05, 0) is 43.5 Å². The third kappa shape index (κ3) is 4.50. The first-order valence-corrected chi connectivity index (χ1v) is 11.3. The Morgan fingerprint density at radius 3 is 2.70 bits per heavy atom. The van der Waals surface area contributed by atoms with Crippen LogP contribution < -0.4 is 5.32 Å². The van der Waals surface area contributed by atoms with Crippen LogP contribution in [0.5, 0.6) is 0 Å². The number of benzene rings is 1. The summed E-state index contributed by atoms with van der Waals surface area (Å²) in [6.45, 7) is 3.97. The molecule has 0 spiro atoms. The van der Waals surface area contributed by atoms with E-state index in [1.54, 1.807) is 18.6 Å². The molecule has 7 heteroatoms. The van der Waals surface area contributed by atoms with Crippen molar-refractivity contribution in [3.63, 3.8) is 0 Å². The molecule has 1 fully saturated rings. The first kappa shape index (κ1) is 21.3. The summed E-state index contributed by atoms with van der Waals surface area (Å²) in [5, 5.41) is 8.62. The van der Waals surface area contributed by atoms with Gasteiger partial charge >= 0.3 is 0 Å². The Kier molecular flexibility index (Phi) is 5.88. The SMILES string of the molecule is Cc1cc(-n2ncc3cc(CC(=O)NCC4(c5ccccc5)CCOCC4)ncc32)ccn1. The van der Waals surface area contributed by atoms with E-state index in [1.807, 2.05) is 35.9 Å². The predicted molar refractivity (Wildman–Crippen MR) is 126 cm³/mol. The van der Waals surface area contributed by atoms with Crippen molar-refractivity contribution in [2.24, 2.45) is 0 Å². The number of amides is 1. The third-order valence-corrected chi connectivity index (χ3v) is 6.44. The molecule has 4 aromatic rings. The molecule has 0 bridgehead atoms. The molecule has 0 aliphatic carbocycles. The van der Waals surface area contributed by atoms with Crippen molar-refractivity contribution in [1.82, 2.24) is 25.1 Å². The fourth-order valence-electron chi connectivity index (χ4n) is 4.55. The minimum absolute atomic E-state index is 0.0270. The zero-order chi connectivity index (χ0) is 22.7. The quantitative estimate of drug-likeness (QED) is 0.495. The summed E-state index contributed by atoms with van der Waals surface area (Å²) >= 11 is 0. The van der Waals surface area contributed by atoms with E-state index >= 15 is 0 Å². The highest BCUT2D eigenvalue weighted by Crippen LogP contribution is 2.34. The van der Waals surface area contributed by atoms with Crippen LogP contribution in [0.15, 0.2) is 67.1 Å². The maximum Gasteiger partial charge on any atom is 0.226 e. The molecule has 1 aliphatic rings. The van der Waals surface area contributed by atoms with E-state index in [9.17, 15) is 4.79 Å². The highest BCUT2D eigenvalue weighted by Gasteiger charge is 2.34. The van der Waals surface area contributed by atoms with E-state index in [1.165, 1.54) is 5.56 Å². The van der Waals surface area contributed by atoms with Crippen molar-refractivity contribution in [2.75, 3.05) is 19.8 Å². The van der Waals surface area contributed by atoms with Gasteiger partial charge in [0.15, 0.2) is 0 Å². The number of fused-ring (bicyclic) bond motifs is 1. The highest BCUT2D eigenvalue weighted by molar-refractivity contribution is 5.82. The summed E-state index contributed by atoms with van der Waals surface area (Å²) < 4.78 is 7.44. The Morgan fingerprint density at radius 1 is 1.09 bits per heavy atom. The van der Waals surface area contributed by atoms with Crippen LogP contribution in [0.25, 0.3) is 16.6 Å². The van der Waals surface area contributed by atoms with Crippen LogP contribution in [0.2, 0.25) is 0 Å². The van der Waals surface area contributed by atoms with Gasteiger partial charge in [0.1, 0.15) is 0 Å². The fourth-order valence-corrected chi connectivity index (χ4v) is 4.55. The van der Waals surface area contributed by atoms with Crippen molar-refractivity contribution in [1.29, 1.82) is 0 Å². The number of nitrogens with zero attached hydrogens (tertiary/aromatic N) is 4. The molecule has 1 amide bonds. The third-order valence-electron chi connectivity index (χ3n) is 6.44. The van der Waals surface area contributed by atoms with Gasteiger partial charge < -0.3 is 10.1 Å². The lowest BCUT2D eigenvalue weighted by Crippen LogP contribution is -2.45. The average Bonchev–Trinajstić information content (AvgIpc) is 3.27. The topological polar surface area (TPSA) is 81.9 Å². The molecular weight excluding hydrogens is 414 g/mol. The summed E-state index contributed by atoms with van der Waals surface area (Å²) in [4.78, 5) is 21.6. The van der Waals surface area contributed by atoms with Crippen molar-refractivity contribution in [2.45, 2.75) is 31.6 Å². The first-order valence-electron chi connectivity index (χ1n) is 11.3. The van der Waals surface area contributed by atoms with Gasteiger partial charge in [-0.1, -0.05) is 30.3 Å². The van der Waals surface area contributed by atoms with Crippen LogP contribution in [0.4, 0.5) is 0 Å². The number of aromatic nitrogens is 4. The van der Waals surface area contributed by atoms with Crippen LogP contribution in [-0.2, 0) is 21.4 Å². The van der Waals surface area contributed by atoms with E-state index in [2.05, 4.69) is 44.6 Å².